The highest BCUT2D eigenvalue weighted by Crippen LogP contribution is 2.42. The normalized spacial score (nSPS) is 26.6. The molecular weight excluding hydrogens is 398 g/mol. The summed E-state index contributed by atoms with van der Waals surface area (Å²) >= 11 is 6.16. The maximum atomic E-state index is 12.7. The molecule has 1 saturated heterocycles. The zero-order valence-corrected chi connectivity index (χ0v) is 19.7. The van der Waals surface area contributed by atoms with Crippen LogP contribution in [0.25, 0.3) is 0 Å². The summed E-state index contributed by atoms with van der Waals surface area (Å²) in [5, 5.41) is 16.8. The number of hydrogen-bond acceptors (Lipinski definition) is 4. The summed E-state index contributed by atoms with van der Waals surface area (Å²) < 4.78 is 0. The molecule has 0 aromatic heterocycles. The highest BCUT2D eigenvalue weighted by atomic mass is 35.5. The molecule has 1 N–H and O–H groups in total. The number of likely N-dealkylation sites (tertiary alicyclic amines) is 1. The first-order valence-corrected chi connectivity index (χ1v) is 11.7. The molecule has 0 aromatic carbocycles. The molecule has 0 bridgehead atoms. The van der Waals surface area contributed by atoms with E-state index in [-0.39, 0.29) is 23.9 Å². The molecule has 1 unspecified atom stereocenters. The first kappa shape index (κ1) is 23.5. The monoisotopic (exact) mass is 434 g/mol. The molecule has 0 saturated carbocycles. The smallest absolute Gasteiger partial charge is 0.248 e. The van der Waals surface area contributed by atoms with Crippen LogP contribution < -0.4 is 5.32 Å². The van der Waals surface area contributed by atoms with Crippen molar-refractivity contribution in [2.24, 2.45) is 17.3 Å². The van der Waals surface area contributed by atoms with E-state index in [0.29, 0.717) is 30.4 Å². The van der Waals surface area contributed by atoms with Crippen LogP contribution in [0.2, 0.25) is 0 Å². The summed E-state index contributed by atoms with van der Waals surface area (Å²) in [6, 6.07) is 0.0726. The van der Waals surface area contributed by atoms with E-state index in [2.05, 4.69) is 50.1 Å². The second kappa shape index (κ2) is 9.99. The predicted molar refractivity (Wildman–Crippen MR) is 124 cm³/mol. The van der Waals surface area contributed by atoms with Gasteiger partial charge in [-0.15, -0.1) is 0 Å². The molecule has 0 aromatic rings. The molecule has 5 nitrogen and oxygen atoms in total. The minimum absolute atomic E-state index is 0.0726. The SMILES string of the molecule is CC(C)[C@H](CN1CCC(C2=CC=C(Cl)CC2)C(C)(C)C1)NC(=O)C1=CCCN([O-])C1. The van der Waals surface area contributed by atoms with Gasteiger partial charge in [0.05, 0.1) is 0 Å². The van der Waals surface area contributed by atoms with E-state index in [1.807, 2.05) is 6.08 Å². The second-order valence-corrected chi connectivity index (χ2v) is 10.6. The van der Waals surface area contributed by atoms with E-state index in [1.54, 1.807) is 0 Å². The van der Waals surface area contributed by atoms with E-state index in [1.165, 1.54) is 5.57 Å². The molecule has 1 aliphatic carbocycles. The lowest BCUT2D eigenvalue weighted by molar-refractivity contribution is -0.119. The van der Waals surface area contributed by atoms with E-state index < -0.39 is 0 Å². The molecule has 2 aliphatic heterocycles. The van der Waals surface area contributed by atoms with Gasteiger partial charge in [-0.2, -0.15) is 0 Å². The van der Waals surface area contributed by atoms with Crippen LogP contribution in [0.15, 0.2) is 34.4 Å². The van der Waals surface area contributed by atoms with Gasteiger partial charge in [-0.1, -0.05) is 57.0 Å². The molecule has 0 spiro atoms. The molecule has 6 heteroatoms. The van der Waals surface area contributed by atoms with Gasteiger partial charge >= 0.3 is 0 Å². The van der Waals surface area contributed by atoms with Crippen molar-refractivity contribution in [3.05, 3.63) is 39.6 Å². The first-order chi connectivity index (χ1) is 14.2. The lowest BCUT2D eigenvalue weighted by atomic mass is 9.68. The van der Waals surface area contributed by atoms with Crippen LogP contribution in [-0.2, 0) is 4.79 Å². The van der Waals surface area contributed by atoms with Crippen molar-refractivity contribution >= 4 is 17.5 Å². The minimum atomic E-state index is -0.0839. The summed E-state index contributed by atoms with van der Waals surface area (Å²) in [4.78, 5) is 15.2. The third kappa shape index (κ3) is 5.97. The molecule has 0 radical (unpaired) electrons. The summed E-state index contributed by atoms with van der Waals surface area (Å²) in [6.45, 7) is 12.6. The van der Waals surface area contributed by atoms with Gasteiger partial charge in [0.15, 0.2) is 0 Å². The topological polar surface area (TPSA) is 58.6 Å². The largest absolute Gasteiger partial charge is 0.785 e. The van der Waals surface area contributed by atoms with E-state index in [4.69, 9.17) is 11.6 Å². The summed E-state index contributed by atoms with van der Waals surface area (Å²) in [6.07, 6.45) is 10.0. The van der Waals surface area contributed by atoms with E-state index >= 15 is 0 Å². The molecule has 1 amide bonds. The van der Waals surface area contributed by atoms with Crippen LogP contribution in [-0.4, -0.2) is 54.6 Å². The molecule has 2 heterocycles. The van der Waals surface area contributed by atoms with Crippen LogP contribution in [0.5, 0.6) is 0 Å². The Kier molecular flexibility index (Phi) is 7.83. The van der Waals surface area contributed by atoms with Gasteiger partial charge in [0.25, 0.3) is 0 Å². The number of carbonyl (C=O) groups excluding carboxylic acids is 1. The van der Waals surface area contributed by atoms with Gasteiger partial charge in [-0.3, -0.25) is 4.79 Å². The standard InChI is InChI=1S/C24H37ClN3O2/c1-17(2)22(26-23(29)19-6-5-12-28(30)14-19)15-27-13-11-21(24(3,4)16-27)18-7-9-20(25)10-8-18/h6-7,9,17,21-22H,5,8,10-16H2,1-4H3,(H,26,29)/q-1/t21?,22-/m0/s1. The summed E-state index contributed by atoms with van der Waals surface area (Å²) in [7, 11) is 0. The van der Waals surface area contributed by atoms with Gasteiger partial charge < -0.3 is 20.5 Å². The Balaban J connectivity index is 1.60. The molecule has 3 rings (SSSR count). The molecule has 1 fully saturated rings. The van der Waals surface area contributed by atoms with Crippen molar-refractivity contribution in [3.8, 4) is 0 Å². The molecule has 30 heavy (non-hydrogen) atoms. The minimum Gasteiger partial charge on any atom is -0.785 e. The average molecular weight is 435 g/mol. The Bertz CT molecular complexity index is 726. The van der Waals surface area contributed by atoms with Crippen molar-refractivity contribution in [1.82, 2.24) is 15.3 Å². The van der Waals surface area contributed by atoms with Gasteiger partial charge in [0.1, 0.15) is 0 Å². The fourth-order valence-corrected chi connectivity index (χ4v) is 5.23. The van der Waals surface area contributed by atoms with Crippen molar-refractivity contribution in [1.29, 1.82) is 0 Å². The second-order valence-electron chi connectivity index (χ2n) is 10.1. The van der Waals surface area contributed by atoms with Crippen LogP contribution in [0.1, 0.15) is 53.4 Å². The van der Waals surface area contributed by atoms with E-state index in [0.717, 1.165) is 49.0 Å². The Hall–Kier alpha value is -1.14. The maximum Gasteiger partial charge on any atom is 0.248 e. The Morgan fingerprint density at radius 3 is 2.67 bits per heavy atom. The van der Waals surface area contributed by atoms with Gasteiger partial charge in [-0.05, 0) is 62.1 Å². The third-order valence-electron chi connectivity index (χ3n) is 6.87. The fourth-order valence-electron chi connectivity index (χ4n) is 5.07. The Morgan fingerprint density at radius 1 is 1.30 bits per heavy atom. The van der Waals surface area contributed by atoms with Crippen molar-refractivity contribution in [2.45, 2.75) is 59.4 Å². The zero-order valence-electron chi connectivity index (χ0n) is 18.9. The van der Waals surface area contributed by atoms with E-state index in [9.17, 15) is 10.0 Å². The Labute approximate surface area is 186 Å². The molecular formula is C24H37ClN3O2-. The lowest BCUT2D eigenvalue weighted by Crippen LogP contribution is -2.53. The number of amides is 1. The van der Waals surface area contributed by atoms with Gasteiger partial charge in [-0.25, -0.2) is 0 Å². The predicted octanol–water partition coefficient (Wildman–Crippen LogP) is 4.45. The number of hydrogen-bond donors (Lipinski definition) is 1. The van der Waals surface area contributed by atoms with Crippen LogP contribution >= 0.6 is 11.6 Å². The fraction of sp³-hybridized carbons (Fsp3) is 0.708. The van der Waals surface area contributed by atoms with Gasteiger partial charge in [0.2, 0.25) is 5.91 Å². The number of nitrogens with zero attached hydrogens (tertiary/aromatic N) is 2. The lowest BCUT2D eigenvalue weighted by Gasteiger charge is -2.47. The number of halogens is 1. The van der Waals surface area contributed by atoms with Gasteiger partial charge in [0, 0.05) is 36.3 Å². The number of rotatable bonds is 6. The molecule has 3 aliphatic rings. The zero-order chi connectivity index (χ0) is 21.9. The van der Waals surface area contributed by atoms with Crippen LogP contribution in [0, 0.1) is 22.5 Å². The number of hydroxylamine groups is 2. The number of nitrogens with one attached hydrogen (secondary N) is 1. The quantitative estimate of drug-likeness (QED) is 0.671. The number of piperidine rings is 1. The number of allylic oxidation sites excluding steroid dienone is 4. The summed E-state index contributed by atoms with van der Waals surface area (Å²) in [5.41, 5.74) is 2.32. The molecule has 168 valence electrons. The first-order valence-electron chi connectivity index (χ1n) is 11.3. The van der Waals surface area contributed by atoms with Crippen LogP contribution in [0.4, 0.5) is 0 Å². The molecule has 2 atom stereocenters. The Morgan fingerprint density at radius 2 is 2.07 bits per heavy atom. The third-order valence-corrected chi connectivity index (χ3v) is 7.19. The van der Waals surface area contributed by atoms with Crippen molar-refractivity contribution in [3.63, 3.8) is 0 Å². The highest BCUT2D eigenvalue weighted by Gasteiger charge is 2.38. The average Bonchev–Trinajstić information content (AvgIpc) is 2.67. The van der Waals surface area contributed by atoms with Crippen molar-refractivity contribution < 1.29 is 4.79 Å². The summed E-state index contributed by atoms with van der Waals surface area (Å²) in [5.74, 6) is 0.826. The number of carbonyl (C=O) groups is 1. The van der Waals surface area contributed by atoms with Crippen molar-refractivity contribution in [2.75, 3.05) is 32.7 Å². The maximum absolute atomic E-state index is 12.7. The highest BCUT2D eigenvalue weighted by molar-refractivity contribution is 6.29. The van der Waals surface area contributed by atoms with Crippen LogP contribution in [0.3, 0.4) is 0 Å².